The van der Waals surface area contributed by atoms with Crippen molar-refractivity contribution in [1.82, 2.24) is 9.62 Å². The van der Waals surface area contributed by atoms with Gasteiger partial charge in [0.25, 0.3) is 0 Å². The van der Waals surface area contributed by atoms with Crippen molar-refractivity contribution in [1.29, 1.82) is 0 Å². The first-order valence-corrected chi connectivity index (χ1v) is 9.06. The highest BCUT2D eigenvalue weighted by Crippen LogP contribution is 2.16. The van der Waals surface area contributed by atoms with Crippen LogP contribution in [0.15, 0.2) is 42.5 Å². The summed E-state index contributed by atoms with van der Waals surface area (Å²) in [5.74, 6) is -1.01. The van der Waals surface area contributed by atoms with Gasteiger partial charge >= 0.3 is 0 Å². The highest BCUT2D eigenvalue weighted by Gasteiger charge is 2.20. The van der Waals surface area contributed by atoms with Crippen LogP contribution in [0.2, 0.25) is 0 Å². The van der Waals surface area contributed by atoms with Crippen molar-refractivity contribution >= 4 is 26.7 Å². The number of carbonyl (C=O) groups is 1. The van der Waals surface area contributed by atoms with Gasteiger partial charge < -0.3 is 5.32 Å². The maximum absolute atomic E-state index is 11.9. The van der Waals surface area contributed by atoms with Gasteiger partial charge in [0.15, 0.2) is 0 Å². The van der Waals surface area contributed by atoms with Crippen molar-refractivity contribution in [3.05, 3.63) is 48.0 Å². The maximum atomic E-state index is 11.9. The molecule has 23 heavy (non-hydrogen) atoms. The van der Waals surface area contributed by atoms with Gasteiger partial charge in [0, 0.05) is 20.1 Å². The quantitative estimate of drug-likeness (QED) is 0.876. The Morgan fingerprint density at radius 3 is 2.43 bits per heavy atom. The molecule has 0 radical (unpaired) electrons. The lowest BCUT2D eigenvalue weighted by atomic mass is 10.0. The first kappa shape index (κ1) is 17.4. The first-order chi connectivity index (χ1) is 10.8. The second-order valence-corrected chi connectivity index (χ2v) is 8.08. The molecule has 1 amide bonds. The molecule has 1 N–H and O–H groups in total. The molecule has 0 unspecified atom stereocenters. The minimum atomic E-state index is -3.52. The maximum Gasteiger partial charge on any atom is 0.236 e. The van der Waals surface area contributed by atoms with Crippen molar-refractivity contribution in [2.75, 3.05) is 19.8 Å². The van der Waals surface area contributed by atoms with Crippen LogP contribution >= 0.6 is 0 Å². The van der Waals surface area contributed by atoms with Gasteiger partial charge in [0.05, 0.1) is 0 Å². The zero-order valence-electron chi connectivity index (χ0n) is 13.6. The number of carbonyl (C=O) groups excluding carboxylic acids is 1. The fraction of sp³-hybridized carbons (Fsp3) is 0.353. The minimum Gasteiger partial charge on any atom is -0.352 e. The SMILES string of the molecule is C[C@H](Cc1ccc2ccccc2c1)NC(=O)CS(=O)(=O)N(C)C. The molecule has 0 heterocycles. The van der Waals surface area contributed by atoms with Gasteiger partial charge in [-0.05, 0) is 29.7 Å². The Bertz CT molecular complexity index is 800. The van der Waals surface area contributed by atoms with E-state index in [1.165, 1.54) is 19.5 Å². The number of nitrogens with one attached hydrogen (secondary N) is 1. The number of amides is 1. The van der Waals surface area contributed by atoms with E-state index in [4.69, 9.17) is 0 Å². The number of nitrogens with zero attached hydrogens (tertiary/aromatic N) is 1. The normalized spacial score (nSPS) is 13.2. The van der Waals surface area contributed by atoms with E-state index in [0.717, 1.165) is 15.3 Å². The second kappa shape index (κ2) is 7.10. The van der Waals surface area contributed by atoms with E-state index < -0.39 is 21.7 Å². The molecule has 0 spiro atoms. The summed E-state index contributed by atoms with van der Waals surface area (Å²) in [4.78, 5) is 11.9. The zero-order valence-corrected chi connectivity index (χ0v) is 14.4. The lowest BCUT2D eigenvalue weighted by Gasteiger charge is -2.16. The van der Waals surface area contributed by atoms with E-state index in [-0.39, 0.29) is 6.04 Å². The topological polar surface area (TPSA) is 66.5 Å². The summed E-state index contributed by atoms with van der Waals surface area (Å²) < 4.78 is 24.4. The molecule has 0 saturated carbocycles. The summed E-state index contributed by atoms with van der Waals surface area (Å²) in [6.07, 6.45) is 0.651. The number of benzene rings is 2. The number of hydrogen-bond donors (Lipinski definition) is 1. The van der Waals surface area contributed by atoms with Gasteiger partial charge in [-0.2, -0.15) is 0 Å². The number of hydrogen-bond acceptors (Lipinski definition) is 3. The third kappa shape index (κ3) is 4.77. The molecule has 0 aliphatic rings. The molecular formula is C17H22N2O3S. The summed E-state index contributed by atoms with van der Waals surface area (Å²) in [7, 11) is -0.688. The van der Waals surface area contributed by atoms with E-state index in [1.54, 1.807) is 0 Å². The number of rotatable bonds is 6. The van der Waals surface area contributed by atoms with Crippen molar-refractivity contribution in [2.24, 2.45) is 0 Å². The minimum absolute atomic E-state index is 0.138. The van der Waals surface area contributed by atoms with Crippen molar-refractivity contribution < 1.29 is 13.2 Å². The van der Waals surface area contributed by atoms with Gasteiger partial charge in [-0.25, -0.2) is 12.7 Å². The summed E-state index contributed by atoms with van der Waals surface area (Å²) in [6.45, 7) is 1.87. The average Bonchev–Trinajstić information content (AvgIpc) is 2.46. The van der Waals surface area contributed by atoms with Gasteiger partial charge in [0.1, 0.15) is 5.75 Å². The monoisotopic (exact) mass is 334 g/mol. The van der Waals surface area contributed by atoms with Gasteiger partial charge in [-0.1, -0.05) is 42.5 Å². The molecule has 0 fully saturated rings. The smallest absolute Gasteiger partial charge is 0.236 e. The van der Waals surface area contributed by atoms with Crippen LogP contribution in [0.3, 0.4) is 0 Å². The standard InChI is InChI=1S/C17H22N2O3S/c1-13(18-17(20)12-23(21,22)19(2)3)10-14-8-9-15-6-4-5-7-16(15)11-14/h4-9,11,13H,10,12H2,1-3H3,(H,18,20)/t13-/m1/s1. The third-order valence-electron chi connectivity index (χ3n) is 3.63. The Balaban J connectivity index is 1.98. The lowest BCUT2D eigenvalue weighted by molar-refractivity contribution is -0.119. The molecule has 1 atom stereocenters. The van der Waals surface area contributed by atoms with Crippen LogP contribution in [0, 0.1) is 0 Å². The molecule has 0 saturated heterocycles. The van der Waals surface area contributed by atoms with E-state index in [9.17, 15) is 13.2 Å². The molecule has 5 nitrogen and oxygen atoms in total. The molecule has 2 aromatic carbocycles. The summed E-state index contributed by atoms with van der Waals surface area (Å²) in [5.41, 5.74) is 1.10. The van der Waals surface area contributed by atoms with Crippen LogP contribution in [0.4, 0.5) is 0 Å². The lowest BCUT2D eigenvalue weighted by Crippen LogP contribution is -2.40. The highest BCUT2D eigenvalue weighted by atomic mass is 32.2. The summed E-state index contributed by atoms with van der Waals surface area (Å²) >= 11 is 0. The van der Waals surface area contributed by atoms with Crippen molar-refractivity contribution in [3.8, 4) is 0 Å². The molecule has 2 rings (SSSR count). The average molecular weight is 334 g/mol. The predicted molar refractivity (Wildman–Crippen MR) is 92.7 cm³/mol. The number of sulfonamides is 1. The van der Waals surface area contributed by atoms with Gasteiger partial charge in [0.2, 0.25) is 15.9 Å². The Morgan fingerprint density at radius 1 is 1.13 bits per heavy atom. The predicted octanol–water partition coefficient (Wildman–Crippen LogP) is 1.78. The van der Waals surface area contributed by atoms with Crippen LogP contribution in [0.1, 0.15) is 12.5 Å². The Morgan fingerprint density at radius 2 is 1.78 bits per heavy atom. The van der Waals surface area contributed by atoms with Crippen molar-refractivity contribution in [2.45, 2.75) is 19.4 Å². The summed E-state index contributed by atoms with van der Waals surface area (Å²) in [5, 5.41) is 5.07. The third-order valence-corrected chi connectivity index (χ3v) is 5.37. The molecule has 0 bridgehead atoms. The zero-order chi connectivity index (χ0) is 17.0. The molecular weight excluding hydrogens is 312 g/mol. The molecule has 0 aliphatic heterocycles. The van der Waals surface area contributed by atoms with Crippen molar-refractivity contribution in [3.63, 3.8) is 0 Å². The van der Waals surface area contributed by atoms with E-state index in [2.05, 4.69) is 23.5 Å². The van der Waals surface area contributed by atoms with Crippen LogP contribution in [0.25, 0.3) is 10.8 Å². The Labute approximate surface area is 137 Å². The fourth-order valence-corrected chi connectivity index (χ4v) is 3.05. The highest BCUT2D eigenvalue weighted by molar-refractivity contribution is 7.89. The molecule has 124 valence electrons. The van der Waals surface area contributed by atoms with E-state index in [1.807, 2.05) is 31.2 Å². The van der Waals surface area contributed by atoms with Crippen LogP contribution in [-0.4, -0.2) is 44.5 Å². The van der Waals surface area contributed by atoms with Crippen LogP contribution in [-0.2, 0) is 21.2 Å². The molecule has 0 aromatic heterocycles. The van der Waals surface area contributed by atoms with Gasteiger partial charge in [-0.3, -0.25) is 4.79 Å². The second-order valence-electron chi connectivity index (χ2n) is 5.89. The van der Waals surface area contributed by atoms with Gasteiger partial charge in [-0.15, -0.1) is 0 Å². The van der Waals surface area contributed by atoms with E-state index in [0.29, 0.717) is 6.42 Å². The Kier molecular flexibility index (Phi) is 5.38. The Hall–Kier alpha value is -1.92. The molecule has 0 aliphatic carbocycles. The first-order valence-electron chi connectivity index (χ1n) is 7.45. The van der Waals surface area contributed by atoms with Crippen LogP contribution < -0.4 is 5.32 Å². The van der Waals surface area contributed by atoms with E-state index >= 15 is 0 Å². The molecule has 6 heteroatoms. The summed E-state index contributed by atoms with van der Waals surface area (Å²) in [6, 6.07) is 14.1. The molecule has 2 aromatic rings. The van der Waals surface area contributed by atoms with Crippen LogP contribution in [0.5, 0.6) is 0 Å². The fourth-order valence-electron chi connectivity index (χ4n) is 2.38. The number of fused-ring (bicyclic) bond motifs is 1. The largest absolute Gasteiger partial charge is 0.352 e.